The second-order valence-electron chi connectivity index (χ2n) is 9.00. The molecule has 11 nitrogen and oxygen atoms in total. The van der Waals surface area contributed by atoms with Gasteiger partial charge in [-0.2, -0.15) is 5.10 Å². The van der Waals surface area contributed by atoms with Gasteiger partial charge in [-0.05, 0) is 43.7 Å². The molecule has 0 aliphatic carbocycles. The first-order chi connectivity index (χ1) is 17.3. The largest absolute Gasteiger partial charge is 0.497 e. The molecule has 4 amide bonds. The number of H-pyrrole nitrogens is 1. The van der Waals surface area contributed by atoms with Crippen LogP contribution in [0.2, 0.25) is 0 Å². The summed E-state index contributed by atoms with van der Waals surface area (Å²) < 4.78 is 11.3. The lowest BCUT2D eigenvalue weighted by Gasteiger charge is -2.28. The van der Waals surface area contributed by atoms with Crippen molar-refractivity contribution < 1.29 is 23.5 Å². The Morgan fingerprint density at radius 3 is 2.67 bits per heavy atom. The van der Waals surface area contributed by atoms with Gasteiger partial charge in [0.15, 0.2) is 11.1 Å². The fourth-order valence-electron chi connectivity index (χ4n) is 4.94. The van der Waals surface area contributed by atoms with Crippen LogP contribution in [0.3, 0.4) is 0 Å². The van der Waals surface area contributed by atoms with Crippen LogP contribution < -0.4 is 15.4 Å². The number of benzene rings is 1. The number of methoxy groups -OCH3 is 1. The molecule has 0 unspecified atom stereocenters. The monoisotopic (exact) mass is 486 g/mol. The van der Waals surface area contributed by atoms with Crippen molar-refractivity contribution in [3.63, 3.8) is 0 Å². The Labute approximate surface area is 204 Å². The average Bonchev–Trinajstić information content (AvgIpc) is 3.59. The van der Waals surface area contributed by atoms with Gasteiger partial charge in [0.1, 0.15) is 17.0 Å². The van der Waals surface area contributed by atoms with Gasteiger partial charge in [-0.3, -0.25) is 20.0 Å². The van der Waals surface area contributed by atoms with Crippen LogP contribution in [0.5, 0.6) is 5.75 Å². The molecule has 11 heteroatoms. The minimum atomic E-state index is -1.61. The van der Waals surface area contributed by atoms with Crippen molar-refractivity contribution >= 4 is 28.9 Å². The predicted octanol–water partition coefficient (Wildman–Crippen LogP) is 2.53. The van der Waals surface area contributed by atoms with Crippen LogP contribution in [0.4, 0.5) is 4.79 Å². The Morgan fingerprint density at radius 1 is 1.14 bits per heavy atom. The first-order valence-electron chi connectivity index (χ1n) is 11.3. The lowest BCUT2D eigenvalue weighted by Crippen LogP contribution is -2.52. The van der Waals surface area contributed by atoms with Crippen molar-refractivity contribution in [3.05, 3.63) is 64.7 Å². The Hall–Kier alpha value is -4.67. The van der Waals surface area contributed by atoms with Crippen LogP contribution in [0.1, 0.15) is 33.1 Å². The highest BCUT2D eigenvalue weighted by atomic mass is 16.5. The first kappa shape index (κ1) is 21.8. The van der Waals surface area contributed by atoms with Gasteiger partial charge in [0.2, 0.25) is 0 Å². The van der Waals surface area contributed by atoms with Crippen molar-refractivity contribution in [3.8, 4) is 17.0 Å². The summed E-state index contributed by atoms with van der Waals surface area (Å²) in [6.07, 6.45) is 0. The number of aryl methyl sites for hydroxylation is 2. The number of pyridine rings is 1. The van der Waals surface area contributed by atoms with E-state index in [4.69, 9.17) is 14.1 Å². The second-order valence-corrected chi connectivity index (χ2v) is 9.00. The third-order valence-electron chi connectivity index (χ3n) is 6.74. The van der Waals surface area contributed by atoms with Crippen LogP contribution in [0.15, 0.2) is 40.8 Å². The summed E-state index contributed by atoms with van der Waals surface area (Å²) in [5, 5.41) is 12.2. The van der Waals surface area contributed by atoms with Gasteiger partial charge in [-0.15, -0.1) is 0 Å². The number of amides is 4. The SMILES string of the molecule is COc1ccc2c(c1)C(=O)N(C[C@@]1(c3cc4nc(-c5c(C)n[nH]c5C)ccc4o3)NC(=O)NC1=O)C2. The molecule has 182 valence electrons. The van der Waals surface area contributed by atoms with Crippen LogP contribution in [0.25, 0.3) is 22.4 Å². The van der Waals surface area contributed by atoms with Crippen molar-refractivity contribution in [2.75, 3.05) is 13.7 Å². The van der Waals surface area contributed by atoms with Crippen LogP contribution in [-0.4, -0.2) is 51.6 Å². The molecular formula is C25H22N6O5. The van der Waals surface area contributed by atoms with E-state index in [0.717, 1.165) is 22.5 Å². The summed E-state index contributed by atoms with van der Waals surface area (Å²) in [6, 6.07) is 9.81. The molecule has 0 saturated carbocycles. The highest BCUT2D eigenvalue weighted by Gasteiger charge is 2.53. The van der Waals surface area contributed by atoms with Gasteiger partial charge in [0.05, 0.1) is 25.0 Å². The number of nitrogens with zero attached hydrogens (tertiary/aromatic N) is 3. The van der Waals surface area contributed by atoms with E-state index in [9.17, 15) is 14.4 Å². The molecule has 0 spiro atoms. The smallest absolute Gasteiger partial charge is 0.322 e. The van der Waals surface area contributed by atoms with Gasteiger partial charge >= 0.3 is 6.03 Å². The fourth-order valence-corrected chi connectivity index (χ4v) is 4.94. The zero-order valence-electron chi connectivity index (χ0n) is 19.8. The van der Waals surface area contributed by atoms with E-state index in [1.165, 1.54) is 12.0 Å². The summed E-state index contributed by atoms with van der Waals surface area (Å²) in [5.41, 5.74) is 3.93. The molecule has 2 aliphatic rings. The van der Waals surface area contributed by atoms with Crippen molar-refractivity contribution in [2.24, 2.45) is 0 Å². The maximum absolute atomic E-state index is 13.2. The summed E-state index contributed by atoms with van der Waals surface area (Å²) in [7, 11) is 1.53. The molecule has 4 aromatic rings. The molecular weight excluding hydrogens is 464 g/mol. The predicted molar refractivity (Wildman–Crippen MR) is 127 cm³/mol. The molecule has 3 aromatic heterocycles. The van der Waals surface area contributed by atoms with Crippen LogP contribution >= 0.6 is 0 Å². The van der Waals surface area contributed by atoms with E-state index in [1.807, 2.05) is 26.0 Å². The maximum Gasteiger partial charge on any atom is 0.322 e. The summed E-state index contributed by atoms with van der Waals surface area (Å²) >= 11 is 0. The number of carbonyl (C=O) groups excluding carboxylic acids is 3. The van der Waals surface area contributed by atoms with Gasteiger partial charge < -0.3 is 19.4 Å². The molecule has 5 heterocycles. The Kier molecular flexibility index (Phi) is 4.65. The number of ether oxygens (including phenoxy) is 1. The lowest BCUT2D eigenvalue weighted by atomic mass is 9.95. The number of aromatic nitrogens is 3. The van der Waals surface area contributed by atoms with Crippen molar-refractivity contribution in [2.45, 2.75) is 25.9 Å². The number of nitrogens with one attached hydrogen (secondary N) is 3. The van der Waals surface area contributed by atoms with Crippen molar-refractivity contribution in [1.29, 1.82) is 0 Å². The molecule has 1 fully saturated rings. The first-order valence-corrected chi connectivity index (χ1v) is 11.3. The Bertz CT molecular complexity index is 1570. The molecule has 2 aliphatic heterocycles. The molecule has 1 atom stereocenters. The van der Waals surface area contributed by atoms with Gasteiger partial charge in [0, 0.05) is 29.4 Å². The summed E-state index contributed by atoms with van der Waals surface area (Å²) in [6.45, 7) is 3.97. The highest BCUT2D eigenvalue weighted by molar-refractivity contribution is 6.08. The van der Waals surface area contributed by atoms with Crippen molar-refractivity contribution in [1.82, 2.24) is 30.7 Å². The number of aromatic amines is 1. The molecule has 36 heavy (non-hydrogen) atoms. The molecule has 1 saturated heterocycles. The molecule has 0 bridgehead atoms. The lowest BCUT2D eigenvalue weighted by molar-refractivity contribution is -0.125. The quantitative estimate of drug-likeness (QED) is 0.368. The molecule has 0 radical (unpaired) electrons. The third-order valence-corrected chi connectivity index (χ3v) is 6.74. The van der Waals surface area contributed by atoms with E-state index in [2.05, 4.69) is 20.8 Å². The standard InChI is InChI=1S/C25H22N6O5/c1-12-21(13(2)30-29-12)17-6-7-19-18(26-17)9-20(36-19)25(23(33)27-24(34)28-25)11-31-10-14-4-5-15(35-3)8-16(14)22(31)32/h4-9H,10-11H2,1-3H3,(H,29,30)(H2,27,28,33,34)/t25-/m0/s1. The topological polar surface area (TPSA) is 142 Å². The number of fused-ring (bicyclic) bond motifs is 2. The molecule has 1 aromatic carbocycles. The normalized spacial score (nSPS) is 19.1. The molecule has 6 rings (SSSR count). The van der Waals surface area contributed by atoms with Crippen LogP contribution in [-0.2, 0) is 16.9 Å². The Balaban J connectivity index is 1.40. The van der Waals surface area contributed by atoms with E-state index in [0.29, 0.717) is 28.1 Å². The summed E-state index contributed by atoms with van der Waals surface area (Å²) in [5.74, 6) is -0.116. The van der Waals surface area contributed by atoms with E-state index in [1.54, 1.807) is 24.3 Å². The average molecular weight is 486 g/mol. The number of carbonyl (C=O) groups is 3. The third kappa shape index (κ3) is 3.16. The van der Waals surface area contributed by atoms with Gasteiger partial charge in [-0.1, -0.05) is 6.07 Å². The number of furan rings is 1. The molecule has 3 N–H and O–H groups in total. The zero-order chi connectivity index (χ0) is 25.2. The second kappa shape index (κ2) is 7.67. The van der Waals surface area contributed by atoms with Gasteiger partial charge in [-0.25, -0.2) is 9.78 Å². The fraction of sp³-hybridized carbons (Fsp3) is 0.240. The number of rotatable bonds is 5. The number of hydrogen-bond donors (Lipinski definition) is 3. The Morgan fingerprint density at radius 2 is 1.97 bits per heavy atom. The van der Waals surface area contributed by atoms with Crippen LogP contribution in [0, 0.1) is 13.8 Å². The van der Waals surface area contributed by atoms with E-state index < -0.39 is 17.5 Å². The van der Waals surface area contributed by atoms with E-state index >= 15 is 0 Å². The highest BCUT2D eigenvalue weighted by Crippen LogP contribution is 2.35. The minimum absolute atomic E-state index is 0.118. The number of urea groups is 1. The zero-order valence-corrected chi connectivity index (χ0v) is 19.8. The van der Waals surface area contributed by atoms with Gasteiger partial charge in [0.25, 0.3) is 11.8 Å². The summed E-state index contributed by atoms with van der Waals surface area (Å²) in [4.78, 5) is 44.8. The maximum atomic E-state index is 13.2. The minimum Gasteiger partial charge on any atom is -0.497 e. The van der Waals surface area contributed by atoms with E-state index in [-0.39, 0.29) is 24.8 Å². The number of hydrogen-bond acceptors (Lipinski definition) is 7. The number of imide groups is 1.